The zero-order valence-corrected chi connectivity index (χ0v) is 13.1. The molecular weight excluding hydrogens is 371 g/mol. The maximum atomic E-state index is 13.3. The highest BCUT2D eigenvalue weighted by Gasteiger charge is 2.16. The second-order valence-electron chi connectivity index (χ2n) is 3.92. The Morgan fingerprint density at radius 3 is 2.50 bits per heavy atom. The number of anilines is 2. The van der Waals surface area contributed by atoms with E-state index in [-0.39, 0.29) is 21.3 Å². The van der Waals surface area contributed by atoms with Crippen LogP contribution < -0.4 is 10.5 Å². The fourth-order valence-electron chi connectivity index (χ4n) is 1.46. The van der Waals surface area contributed by atoms with Crippen LogP contribution in [0.2, 0.25) is 5.02 Å². The minimum absolute atomic E-state index is 0.0199. The lowest BCUT2D eigenvalue weighted by Crippen LogP contribution is -2.13. The maximum Gasteiger partial charge on any atom is 0.261 e. The molecule has 0 bridgehead atoms. The molecule has 0 aliphatic carbocycles. The van der Waals surface area contributed by atoms with Crippen molar-refractivity contribution in [3.05, 3.63) is 51.7 Å². The van der Waals surface area contributed by atoms with Crippen LogP contribution in [-0.2, 0) is 10.0 Å². The Kier molecular flexibility index (Phi) is 4.22. The summed E-state index contributed by atoms with van der Waals surface area (Å²) in [6.07, 6.45) is 0. The lowest BCUT2D eigenvalue weighted by molar-refractivity contribution is 0.601. The van der Waals surface area contributed by atoms with Gasteiger partial charge >= 0.3 is 0 Å². The third kappa shape index (κ3) is 3.23. The molecule has 8 heteroatoms. The van der Waals surface area contributed by atoms with Crippen LogP contribution in [0.3, 0.4) is 0 Å². The van der Waals surface area contributed by atoms with Gasteiger partial charge < -0.3 is 5.73 Å². The number of nitrogen functional groups attached to an aromatic ring is 1. The minimum Gasteiger partial charge on any atom is -0.398 e. The van der Waals surface area contributed by atoms with E-state index >= 15 is 0 Å². The summed E-state index contributed by atoms with van der Waals surface area (Å²) in [7, 11) is -3.84. The zero-order chi connectivity index (χ0) is 14.9. The first kappa shape index (κ1) is 15.1. The molecule has 0 heterocycles. The molecule has 0 saturated carbocycles. The molecule has 0 spiro atoms. The van der Waals surface area contributed by atoms with E-state index < -0.39 is 15.8 Å². The Morgan fingerprint density at radius 2 is 1.90 bits per heavy atom. The van der Waals surface area contributed by atoms with Gasteiger partial charge in [0.1, 0.15) is 5.82 Å². The topological polar surface area (TPSA) is 72.2 Å². The van der Waals surface area contributed by atoms with Gasteiger partial charge in [-0.25, -0.2) is 12.8 Å². The molecule has 2 aromatic carbocycles. The van der Waals surface area contributed by atoms with Gasteiger partial charge in [-0.05, 0) is 52.3 Å². The first-order valence-electron chi connectivity index (χ1n) is 5.32. The van der Waals surface area contributed by atoms with Crippen molar-refractivity contribution >= 4 is 48.9 Å². The molecule has 0 aromatic heterocycles. The fourth-order valence-corrected chi connectivity index (χ4v) is 2.91. The van der Waals surface area contributed by atoms with Crippen molar-refractivity contribution in [3.63, 3.8) is 0 Å². The monoisotopic (exact) mass is 378 g/mol. The fraction of sp³-hybridized carbons (Fsp3) is 0. The van der Waals surface area contributed by atoms with E-state index in [9.17, 15) is 12.8 Å². The maximum absolute atomic E-state index is 13.3. The van der Waals surface area contributed by atoms with E-state index in [0.29, 0.717) is 4.47 Å². The molecule has 0 atom stereocenters. The molecule has 0 aliphatic rings. The van der Waals surface area contributed by atoms with Crippen LogP contribution in [0.4, 0.5) is 15.8 Å². The SMILES string of the molecule is Nc1cc(S(=O)(=O)Nc2ccc(Cl)c(F)c2)ccc1Br. The highest BCUT2D eigenvalue weighted by Crippen LogP contribution is 2.25. The second-order valence-corrected chi connectivity index (χ2v) is 6.86. The average Bonchev–Trinajstić information content (AvgIpc) is 2.37. The van der Waals surface area contributed by atoms with E-state index in [4.69, 9.17) is 17.3 Å². The van der Waals surface area contributed by atoms with Crippen molar-refractivity contribution in [2.24, 2.45) is 0 Å². The number of hydrogen-bond acceptors (Lipinski definition) is 3. The number of sulfonamides is 1. The lowest BCUT2D eigenvalue weighted by Gasteiger charge is -2.09. The van der Waals surface area contributed by atoms with Gasteiger partial charge in [0.15, 0.2) is 0 Å². The van der Waals surface area contributed by atoms with E-state index in [2.05, 4.69) is 20.7 Å². The second kappa shape index (κ2) is 5.59. The highest BCUT2D eigenvalue weighted by molar-refractivity contribution is 9.10. The number of hydrogen-bond donors (Lipinski definition) is 2. The summed E-state index contributed by atoms with van der Waals surface area (Å²) < 4.78 is 40.4. The van der Waals surface area contributed by atoms with Crippen molar-refractivity contribution in [1.29, 1.82) is 0 Å². The van der Waals surface area contributed by atoms with Crippen molar-refractivity contribution < 1.29 is 12.8 Å². The van der Waals surface area contributed by atoms with E-state index in [1.54, 1.807) is 0 Å². The highest BCUT2D eigenvalue weighted by atomic mass is 79.9. The van der Waals surface area contributed by atoms with Crippen LogP contribution >= 0.6 is 27.5 Å². The number of benzene rings is 2. The van der Waals surface area contributed by atoms with E-state index in [0.717, 1.165) is 6.07 Å². The largest absolute Gasteiger partial charge is 0.398 e. The first-order valence-corrected chi connectivity index (χ1v) is 7.98. The van der Waals surface area contributed by atoms with Gasteiger partial charge in [-0.1, -0.05) is 11.6 Å². The number of halogens is 3. The summed E-state index contributed by atoms with van der Waals surface area (Å²) >= 11 is 8.71. The number of nitrogens with two attached hydrogens (primary N) is 1. The summed E-state index contributed by atoms with van der Waals surface area (Å²) in [6, 6.07) is 7.85. The third-order valence-electron chi connectivity index (χ3n) is 2.45. The molecule has 0 aliphatic heterocycles. The Hall–Kier alpha value is -1.31. The van der Waals surface area contributed by atoms with Gasteiger partial charge in [0.25, 0.3) is 10.0 Å². The molecule has 0 fully saturated rings. The summed E-state index contributed by atoms with van der Waals surface area (Å²) in [5, 5.41) is -0.0826. The van der Waals surface area contributed by atoms with Crippen LogP contribution in [0, 0.1) is 5.82 Å². The lowest BCUT2D eigenvalue weighted by atomic mass is 10.3. The van der Waals surface area contributed by atoms with Gasteiger partial charge in [-0.15, -0.1) is 0 Å². The molecule has 0 unspecified atom stereocenters. The smallest absolute Gasteiger partial charge is 0.261 e. The van der Waals surface area contributed by atoms with Crippen LogP contribution in [0.5, 0.6) is 0 Å². The van der Waals surface area contributed by atoms with Crippen LogP contribution in [0.1, 0.15) is 0 Å². The minimum atomic E-state index is -3.84. The van der Waals surface area contributed by atoms with E-state index in [1.807, 2.05) is 0 Å². The third-order valence-corrected chi connectivity index (χ3v) is 4.86. The number of nitrogens with one attached hydrogen (secondary N) is 1. The van der Waals surface area contributed by atoms with Crippen LogP contribution in [0.25, 0.3) is 0 Å². The summed E-state index contributed by atoms with van der Waals surface area (Å²) in [6.45, 7) is 0. The Morgan fingerprint density at radius 1 is 1.20 bits per heavy atom. The molecule has 2 rings (SSSR count). The standard InChI is InChI=1S/C12H9BrClFN2O2S/c13-9-3-2-8(6-12(9)16)20(18,19)17-7-1-4-10(14)11(15)5-7/h1-6,17H,16H2. The number of rotatable bonds is 3. The zero-order valence-electron chi connectivity index (χ0n) is 9.90. The molecule has 0 amide bonds. The van der Waals surface area contributed by atoms with Gasteiger partial charge in [0.2, 0.25) is 0 Å². The van der Waals surface area contributed by atoms with Gasteiger partial charge in [0.05, 0.1) is 15.6 Å². The van der Waals surface area contributed by atoms with Gasteiger partial charge in [-0.3, -0.25) is 4.72 Å². The van der Waals surface area contributed by atoms with Crippen molar-refractivity contribution in [1.82, 2.24) is 0 Å². The molecule has 4 nitrogen and oxygen atoms in total. The molecule has 2 aromatic rings. The van der Waals surface area contributed by atoms with Crippen LogP contribution in [-0.4, -0.2) is 8.42 Å². The summed E-state index contributed by atoms with van der Waals surface area (Å²) in [5.74, 6) is -0.706. The molecule has 3 N–H and O–H groups in total. The predicted molar refractivity (Wildman–Crippen MR) is 80.8 cm³/mol. The molecule has 106 valence electrons. The van der Waals surface area contributed by atoms with Crippen LogP contribution in [0.15, 0.2) is 45.8 Å². The van der Waals surface area contributed by atoms with Gasteiger partial charge in [-0.2, -0.15) is 0 Å². The molecular formula is C12H9BrClFN2O2S. The molecule has 20 heavy (non-hydrogen) atoms. The Bertz CT molecular complexity index is 768. The normalized spacial score (nSPS) is 11.3. The van der Waals surface area contributed by atoms with Crippen molar-refractivity contribution in [2.45, 2.75) is 4.90 Å². The van der Waals surface area contributed by atoms with Crippen molar-refractivity contribution in [3.8, 4) is 0 Å². The van der Waals surface area contributed by atoms with E-state index in [1.165, 1.54) is 30.3 Å². The molecule has 0 radical (unpaired) electrons. The average molecular weight is 380 g/mol. The van der Waals surface area contributed by atoms with Crippen molar-refractivity contribution in [2.75, 3.05) is 10.5 Å². The summed E-state index contributed by atoms with van der Waals surface area (Å²) in [5.41, 5.74) is 6.00. The molecule has 0 saturated heterocycles. The predicted octanol–water partition coefficient (Wildman–Crippen LogP) is 3.62. The Labute approximate surface area is 128 Å². The first-order chi connectivity index (χ1) is 9.29. The Balaban J connectivity index is 2.35. The summed E-state index contributed by atoms with van der Waals surface area (Å²) in [4.78, 5) is -0.0199. The van der Waals surface area contributed by atoms with Gasteiger partial charge in [0, 0.05) is 10.2 Å². The quantitative estimate of drug-likeness (QED) is 0.800.